The number of carbonyl (C=O) groups is 2. The van der Waals surface area contributed by atoms with Crippen LogP contribution in [0.4, 0.5) is 22.0 Å². The third-order valence-electron chi connectivity index (χ3n) is 8.38. The highest BCUT2D eigenvalue weighted by atomic mass is 19.4. The molecular weight excluding hydrogens is 563 g/mol. The fraction of sp³-hybridized carbons (Fsp3) is 0.607. The first kappa shape index (κ1) is 28.5. The van der Waals surface area contributed by atoms with Crippen molar-refractivity contribution in [2.24, 2.45) is 11.8 Å². The van der Waals surface area contributed by atoms with E-state index in [0.29, 0.717) is 22.6 Å². The monoisotopic (exact) mass is 594 g/mol. The van der Waals surface area contributed by atoms with Crippen LogP contribution in [0.25, 0.3) is 5.78 Å². The number of alkyl halides is 5. The van der Waals surface area contributed by atoms with Gasteiger partial charge in [0, 0.05) is 37.6 Å². The number of carbonyl (C=O) groups excluding carboxylic acids is 2. The number of amides is 2. The molecule has 3 aliphatic rings. The zero-order valence-electron chi connectivity index (χ0n) is 22.7. The standard InChI is InChI=1S/C28H31F5N6O3/c29-27(30)9-5-17(6-10-27)24(37-25(41)18-14-42-38-22(18)15-1-2-15)20-13-39-12-8-19(34-26(39)35-20)23(16-3-4-16)36-21(40)7-11-28(31,32)33/h8,12-17,23-24H,1-7,9-11H2,(H,36,40)(H,37,41)/t23?,24-/m0/s1. The number of imidazole rings is 1. The van der Waals surface area contributed by atoms with Gasteiger partial charge in [-0.05, 0) is 56.4 Å². The van der Waals surface area contributed by atoms with Crippen molar-refractivity contribution in [3.63, 3.8) is 0 Å². The van der Waals surface area contributed by atoms with Crippen LogP contribution in [-0.2, 0) is 4.79 Å². The molecule has 0 saturated heterocycles. The van der Waals surface area contributed by atoms with E-state index in [0.717, 1.165) is 25.7 Å². The van der Waals surface area contributed by atoms with Gasteiger partial charge in [-0.15, -0.1) is 0 Å². The summed E-state index contributed by atoms with van der Waals surface area (Å²) >= 11 is 0. The van der Waals surface area contributed by atoms with Crippen molar-refractivity contribution in [3.05, 3.63) is 47.4 Å². The third-order valence-corrected chi connectivity index (χ3v) is 8.38. The van der Waals surface area contributed by atoms with Crippen molar-refractivity contribution in [2.45, 2.75) is 94.3 Å². The first-order chi connectivity index (χ1) is 20.0. The number of nitrogens with one attached hydrogen (secondary N) is 2. The molecule has 9 nitrogen and oxygen atoms in total. The van der Waals surface area contributed by atoms with Crippen LogP contribution in [0.15, 0.2) is 29.2 Å². The Morgan fingerprint density at radius 3 is 2.33 bits per heavy atom. The van der Waals surface area contributed by atoms with Crippen LogP contribution in [0, 0.1) is 11.8 Å². The average Bonchev–Trinajstić information content (AvgIpc) is 3.87. The lowest BCUT2D eigenvalue weighted by atomic mass is 9.81. The topological polar surface area (TPSA) is 114 Å². The molecule has 3 aromatic heterocycles. The van der Waals surface area contributed by atoms with E-state index >= 15 is 0 Å². The summed E-state index contributed by atoms with van der Waals surface area (Å²) in [5, 5.41) is 9.68. The fourth-order valence-electron chi connectivity index (χ4n) is 5.71. The summed E-state index contributed by atoms with van der Waals surface area (Å²) < 4.78 is 72.5. The van der Waals surface area contributed by atoms with Crippen LogP contribution in [-0.4, -0.2) is 43.4 Å². The van der Waals surface area contributed by atoms with E-state index in [4.69, 9.17) is 4.52 Å². The Balaban J connectivity index is 1.25. The highest BCUT2D eigenvalue weighted by Gasteiger charge is 2.41. The second-order valence-corrected chi connectivity index (χ2v) is 11.8. The lowest BCUT2D eigenvalue weighted by Gasteiger charge is -2.33. The lowest BCUT2D eigenvalue weighted by molar-refractivity contribution is -0.144. The van der Waals surface area contributed by atoms with Gasteiger partial charge in [0.05, 0.1) is 35.6 Å². The summed E-state index contributed by atoms with van der Waals surface area (Å²) in [6.07, 6.45) is 1.62. The molecule has 0 aliphatic heterocycles. The second kappa shape index (κ2) is 10.9. The summed E-state index contributed by atoms with van der Waals surface area (Å²) in [5.41, 5.74) is 1.83. The Morgan fingerprint density at radius 1 is 1.00 bits per heavy atom. The summed E-state index contributed by atoms with van der Waals surface area (Å²) in [4.78, 5) is 34.9. The molecule has 0 aromatic carbocycles. The van der Waals surface area contributed by atoms with E-state index in [1.807, 2.05) is 0 Å². The Morgan fingerprint density at radius 2 is 1.67 bits per heavy atom. The summed E-state index contributed by atoms with van der Waals surface area (Å²) in [6, 6.07) is 0.447. The molecule has 42 heavy (non-hydrogen) atoms. The van der Waals surface area contributed by atoms with Crippen molar-refractivity contribution < 1.29 is 36.1 Å². The van der Waals surface area contributed by atoms with E-state index < -0.39 is 48.8 Å². The molecular formula is C28H31F5N6O3. The molecule has 1 unspecified atom stereocenters. The van der Waals surface area contributed by atoms with Crippen molar-refractivity contribution in [3.8, 4) is 0 Å². The molecule has 2 atom stereocenters. The van der Waals surface area contributed by atoms with Gasteiger partial charge in [-0.25, -0.2) is 18.7 Å². The molecule has 6 rings (SSSR count). The molecule has 0 bridgehead atoms. The molecule has 2 N–H and O–H groups in total. The number of nitrogens with zero attached hydrogens (tertiary/aromatic N) is 4. The van der Waals surface area contributed by atoms with E-state index in [-0.39, 0.29) is 49.2 Å². The molecule has 2 amide bonds. The smallest absolute Gasteiger partial charge is 0.364 e. The zero-order chi connectivity index (χ0) is 29.6. The molecule has 3 fully saturated rings. The van der Waals surface area contributed by atoms with Gasteiger partial charge in [-0.2, -0.15) is 13.2 Å². The van der Waals surface area contributed by atoms with Crippen LogP contribution in [0.2, 0.25) is 0 Å². The van der Waals surface area contributed by atoms with Crippen molar-refractivity contribution in [1.29, 1.82) is 0 Å². The number of hydrogen-bond acceptors (Lipinski definition) is 6. The number of halogens is 5. The van der Waals surface area contributed by atoms with Crippen LogP contribution in [0.3, 0.4) is 0 Å². The van der Waals surface area contributed by atoms with Gasteiger partial charge < -0.3 is 15.2 Å². The number of rotatable bonds is 10. The molecule has 0 spiro atoms. The summed E-state index contributed by atoms with van der Waals surface area (Å²) in [6.45, 7) is 0. The summed E-state index contributed by atoms with van der Waals surface area (Å²) in [5.74, 6) is -3.67. The number of hydrogen-bond donors (Lipinski definition) is 2. The number of aromatic nitrogens is 4. The fourth-order valence-corrected chi connectivity index (χ4v) is 5.71. The van der Waals surface area contributed by atoms with Crippen molar-refractivity contribution >= 4 is 17.6 Å². The first-order valence-corrected chi connectivity index (χ1v) is 14.3. The van der Waals surface area contributed by atoms with Crippen LogP contribution in [0.1, 0.15) is 110 Å². The van der Waals surface area contributed by atoms with Gasteiger partial charge in [0.2, 0.25) is 17.6 Å². The molecule has 3 saturated carbocycles. The number of fused-ring (bicyclic) bond motifs is 1. The average molecular weight is 595 g/mol. The molecule has 3 aliphatic carbocycles. The predicted octanol–water partition coefficient (Wildman–Crippen LogP) is 5.80. The highest BCUT2D eigenvalue weighted by molar-refractivity contribution is 5.95. The van der Waals surface area contributed by atoms with E-state index in [9.17, 15) is 31.5 Å². The minimum atomic E-state index is -4.43. The minimum Gasteiger partial charge on any atom is -0.364 e. The van der Waals surface area contributed by atoms with E-state index in [1.54, 1.807) is 22.9 Å². The SMILES string of the molecule is O=C(CCC(F)(F)F)NC(c1ccn2cc([C@@H](NC(=O)c3conc3C3CC3)C3CCC(F)(F)CC3)nc2n1)C1CC1. The summed E-state index contributed by atoms with van der Waals surface area (Å²) in [7, 11) is 0. The lowest BCUT2D eigenvalue weighted by Crippen LogP contribution is -2.37. The maximum absolute atomic E-state index is 14.0. The molecule has 226 valence electrons. The van der Waals surface area contributed by atoms with Crippen molar-refractivity contribution in [1.82, 2.24) is 30.2 Å². The Kier molecular flexibility index (Phi) is 7.42. The van der Waals surface area contributed by atoms with Gasteiger partial charge >= 0.3 is 6.18 Å². The van der Waals surface area contributed by atoms with Crippen molar-refractivity contribution in [2.75, 3.05) is 0 Å². The zero-order valence-corrected chi connectivity index (χ0v) is 22.7. The van der Waals surface area contributed by atoms with Gasteiger partial charge in [-0.3, -0.25) is 14.0 Å². The highest BCUT2D eigenvalue weighted by Crippen LogP contribution is 2.44. The van der Waals surface area contributed by atoms with Gasteiger partial charge in [0.15, 0.2) is 0 Å². The Labute approximate surface area is 237 Å². The van der Waals surface area contributed by atoms with Gasteiger partial charge in [-0.1, -0.05) is 5.16 Å². The Hall–Kier alpha value is -3.58. The third kappa shape index (κ3) is 6.57. The first-order valence-electron chi connectivity index (χ1n) is 14.3. The Bertz CT molecular complexity index is 1450. The molecule has 0 radical (unpaired) electrons. The van der Waals surface area contributed by atoms with Crippen LogP contribution in [0.5, 0.6) is 0 Å². The molecule has 14 heteroatoms. The normalized spacial score (nSPS) is 20.8. The molecule has 3 heterocycles. The molecule has 3 aromatic rings. The van der Waals surface area contributed by atoms with E-state index in [1.165, 1.54) is 6.26 Å². The second-order valence-electron chi connectivity index (χ2n) is 11.8. The predicted molar refractivity (Wildman–Crippen MR) is 137 cm³/mol. The van der Waals surface area contributed by atoms with E-state index in [2.05, 4.69) is 25.8 Å². The maximum Gasteiger partial charge on any atom is 0.389 e. The maximum atomic E-state index is 14.0. The largest absolute Gasteiger partial charge is 0.389 e. The van der Waals surface area contributed by atoms with Crippen LogP contribution < -0.4 is 10.6 Å². The minimum absolute atomic E-state index is 0.0596. The quantitative estimate of drug-likeness (QED) is 0.287. The van der Waals surface area contributed by atoms with Gasteiger partial charge in [0.1, 0.15) is 11.8 Å². The van der Waals surface area contributed by atoms with Gasteiger partial charge in [0.25, 0.3) is 5.91 Å². The van der Waals surface area contributed by atoms with Crippen LogP contribution >= 0.6 is 0 Å².